The molecule has 21 heavy (non-hydrogen) atoms. The van der Waals surface area contributed by atoms with Crippen molar-refractivity contribution >= 4 is 11.8 Å². The van der Waals surface area contributed by atoms with Gasteiger partial charge in [0, 0.05) is 9.81 Å². The van der Waals surface area contributed by atoms with Gasteiger partial charge in [-0.2, -0.15) is 0 Å². The third kappa shape index (κ3) is 5.80. The van der Waals surface area contributed by atoms with Gasteiger partial charge in [0.05, 0.1) is 38.6 Å². The highest BCUT2D eigenvalue weighted by Gasteiger charge is 2.12. The van der Waals surface area contributed by atoms with Crippen molar-refractivity contribution in [1.29, 1.82) is 0 Å². The Bertz CT molecular complexity index is 400. The van der Waals surface area contributed by atoms with Crippen molar-refractivity contribution in [2.45, 2.75) is 25.0 Å². The van der Waals surface area contributed by atoms with Crippen molar-refractivity contribution in [3.63, 3.8) is 0 Å². The van der Waals surface area contributed by atoms with E-state index >= 15 is 0 Å². The van der Waals surface area contributed by atoms with Crippen LogP contribution in [0.5, 0.6) is 0 Å². The predicted molar refractivity (Wildman–Crippen MR) is 84.9 cm³/mol. The summed E-state index contributed by atoms with van der Waals surface area (Å²) in [5.74, 6) is 0. The van der Waals surface area contributed by atoms with Gasteiger partial charge in [0.25, 0.3) is 0 Å². The highest BCUT2D eigenvalue weighted by atomic mass is 32.2. The zero-order valence-corrected chi connectivity index (χ0v) is 12.8. The fourth-order valence-electron chi connectivity index (χ4n) is 2.10. The van der Waals surface area contributed by atoms with Crippen LogP contribution in [0.15, 0.2) is 46.3 Å². The molecule has 2 atom stereocenters. The lowest BCUT2D eigenvalue weighted by Gasteiger charge is -2.18. The van der Waals surface area contributed by atoms with Gasteiger partial charge in [0.15, 0.2) is 0 Å². The molecule has 0 aromatic carbocycles. The maximum atomic E-state index is 8.73. The first kappa shape index (κ1) is 16.5. The fourth-order valence-corrected chi connectivity index (χ4v) is 3.03. The van der Waals surface area contributed by atoms with Gasteiger partial charge in [0.1, 0.15) is 0 Å². The molecule has 2 aliphatic rings. The van der Waals surface area contributed by atoms with Crippen molar-refractivity contribution in [3.05, 3.63) is 46.3 Å². The SMILES string of the molecule is OCCOC1C=CC(SC2=CCC(OCCO)C=C2)=CC1. The van der Waals surface area contributed by atoms with Gasteiger partial charge in [-0.3, -0.25) is 0 Å². The zero-order valence-electron chi connectivity index (χ0n) is 12.0. The van der Waals surface area contributed by atoms with E-state index in [2.05, 4.69) is 24.3 Å². The lowest BCUT2D eigenvalue weighted by Crippen LogP contribution is -2.14. The van der Waals surface area contributed by atoms with E-state index in [1.807, 2.05) is 12.2 Å². The van der Waals surface area contributed by atoms with E-state index in [0.717, 1.165) is 12.8 Å². The van der Waals surface area contributed by atoms with Crippen LogP contribution in [0, 0.1) is 0 Å². The highest BCUT2D eigenvalue weighted by Crippen LogP contribution is 2.32. The largest absolute Gasteiger partial charge is 0.394 e. The minimum Gasteiger partial charge on any atom is -0.394 e. The molecule has 0 aromatic heterocycles. The number of aliphatic hydroxyl groups is 2. The van der Waals surface area contributed by atoms with Crippen molar-refractivity contribution in [3.8, 4) is 0 Å². The van der Waals surface area contributed by atoms with E-state index in [-0.39, 0.29) is 25.4 Å². The van der Waals surface area contributed by atoms with Crippen LogP contribution in [0.2, 0.25) is 0 Å². The number of allylic oxidation sites excluding steroid dienone is 2. The number of hydrogen-bond donors (Lipinski definition) is 2. The third-order valence-electron chi connectivity index (χ3n) is 3.14. The van der Waals surface area contributed by atoms with Crippen LogP contribution >= 0.6 is 11.8 Å². The minimum absolute atomic E-state index is 0.0624. The van der Waals surface area contributed by atoms with Gasteiger partial charge in [0.2, 0.25) is 0 Å². The molecule has 0 bridgehead atoms. The number of thioether (sulfide) groups is 1. The summed E-state index contributed by atoms with van der Waals surface area (Å²) in [4.78, 5) is 2.42. The number of rotatable bonds is 8. The highest BCUT2D eigenvalue weighted by molar-refractivity contribution is 8.07. The number of ether oxygens (including phenoxy) is 2. The van der Waals surface area contributed by atoms with Crippen molar-refractivity contribution in [1.82, 2.24) is 0 Å². The Balaban J connectivity index is 1.74. The Morgan fingerprint density at radius 2 is 1.38 bits per heavy atom. The van der Waals surface area contributed by atoms with Gasteiger partial charge >= 0.3 is 0 Å². The molecular formula is C16H22O4S. The van der Waals surface area contributed by atoms with Gasteiger partial charge in [-0.1, -0.05) is 36.1 Å². The van der Waals surface area contributed by atoms with Gasteiger partial charge in [-0.25, -0.2) is 0 Å². The molecule has 0 spiro atoms. The molecule has 0 radical (unpaired) electrons. The van der Waals surface area contributed by atoms with Crippen molar-refractivity contribution in [2.75, 3.05) is 26.4 Å². The molecule has 0 heterocycles. The van der Waals surface area contributed by atoms with Crippen LogP contribution < -0.4 is 0 Å². The maximum absolute atomic E-state index is 8.73. The van der Waals surface area contributed by atoms with Crippen LogP contribution in [-0.2, 0) is 9.47 Å². The molecule has 2 aliphatic carbocycles. The molecule has 2 N–H and O–H groups in total. The van der Waals surface area contributed by atoms with Crippen LogP contribution in [0.25, 0.3) is 0 Å². The molecule has 0 amide bonds. The number of aliphatic hydroxyl groups excluding tert-OH is 2. The molecular weight excluding hydrogens is 288 g/mol. The molecule has 2 unspecified atom stereocenters. The first-order chi connectivity index (χ1) is 10.3. The summed E-state index contributed by atoms with van der Waals surface area (Å²) >= 11 is 1.73. The second-order valence-corrected chi connectivity index (χ2v) is 5.92. The van der Waals surface area contributed by atoms with E-state index in [1.54, 1.807) is 11.8 Å². The van der Waals surface area contributed by atoms with Crippen LogP contribution in [0.3, 0.4) is 0 Å². The molecule has 0 saturated carbocycles. The maximum Gasteiger partial charge on any atom is 0.0795 e. The van der Waals surface area contributed by atoms with Gasteiger partial charge in [-0.05, 0) is 25.0 Å². The zero-order chi connectivity index (χ0) is 14.9. The average molecular weight is 310 g/mol. The summed E-state index contributed by atoms with van der Waals surface area (Å²) in [6.45, 7) is 0.891. The summed E-state index contributed by atoms with van der Waals surface area (Å²) < 4.78 is 10.9. The molecule has 0 fully saturated rings. The van der Waals surface area contributed by atoms with Crippen molar-refractivity contribution in [2.24, 2.45) is 0 Å². The second kappa shape index (κ2) is 9.23. The summed E-state index contributed by atoms with van der Waals surface area (Å²) in [7, 11) is 0. The third-order valence-corrected chi connectivity index (χ3v) is 4.21. The Morgan fingerprint density at radius 1 is 0.905 bits per heavy atom. The molecule has 4 nitrogen and oxygen atoms in total. The van der Waals surface area contributed by atoms with E-state index in [4.69, 9.17) is 19.7 Å². The van der Waals surface area contributed by atoms with E-state index in [0.29, 0.717) is 13.2 Å². The molecule has 5 heteroatoms. The standard InChI is InChI=1S/C16H22O4S/c17-9-11-19-13-1-5-15(6-2-13)21-16-7-3-14(4-8-16)20-12-10-18/h1,3,5-8,13-14,17-18H,2,4,9-12H2. The Kier molecular flexibility index (Phi) is 7.26. The predicted octanol–water partition coefficient (Wildman–Crippen LogP) is 2.16. The first-order valence-electron chi connectivity index (χ1n) is 7.21. The van der Waals surface area contributed by atoms with Crippen LogP contribution in [0.1, 0.15) is 12.8 Å². The molecule has 0 aromatic rings. The fraction of sp³-hybridized carbons (Fsp3) is 0.500. The smallest absolute Gasteiger partial charge is 0.0795 e. The van der Waals surface area contributed by atoms with E-state index in [9.17, 15) is 0 Å². The lowest BCUT2D eigenvalue weighted by atomic mass is 10.1. The summed E-state index contributed by atoms with van der Waals surface area (Å²) in [5, 5.41) is 17.5. The average Bonchev–Trinajstić information content (AvgIpc) is 2.53. The molecule has 0 aliphatic heterocycles. The van der Waals surface area contributed by atoms with E-state index in [1.165, 1.54) is 9.81 Å². The lowest BCUT2D eigenvalue weighted by molar-refractivity contribution is 0.0556. The van der Waals surface area contributed by atoms with Crippen LogP contribution in [0.4, 0.5) is 0 Å². The Morgan fingerprint density at radius 3 is 1.71 bits per heavy atom. The van der Waals surface area contributed by atoms with Crippen LogP contribution in [-0.4, -0.2) is 48.8 Å². The second-order valence-electron chi connectivity index (χ2n) is 4.77. The molecule has 116 valence electrons. The van der Waals surface area contributed by atoms with Gasteiger partial charge in [-0.15, -0.1) is 0 Å². The summed E-state index contributed by atoms with van der Waals surface area (Å²) in [5.41, 5.74) is 0. The summed E-state index contributed by atoms with van der Waals surface area (Å²) in [6.07, 6.45) is 14.4. The minimum atomic E-state index is 0.0624. The normalized spacial score (nSPS) is 24.9. The Hall–Kier alpha value is -0.850. The quantitative estimate of drug-likeness (QED) is 0.719. The number of hydrogen-bond acceptors (Lipinski definition) is 5. The van der Waals surface area contributed by atoms with E-state index < -0.39 is 0 Å². The Labute approximate surface area is 129 Å². The first-order valence-corrected chi connectivity index (χ1v) is 8.03. The summed E-state index contributed by atoms with van der Waals surface area (Å²) in [6, 6.07) is 0. The molecule has 2 rings (SSSR count). The van der Waals surface area contributed by atoms with Gasteiger partial charge < -0.3 is 19.7 Å². The topological polar surface area (TPSA) is 58.9 Å². The van der Waals surface area contributed by atoms with Crippen molar-refractivity contribution < 1.29 is 19.7 Å². The molecule has 0 saturated heterocycles. The monoisotopic (exact) mass is 310 g/mol.